The second kappa shape index (κ2) is 17.6. The van der Waals surface area contributed by atoms with Gasteiger partial charge in [0.15, 0.2) is 0 Å². The standard InChI is InChI=1S/C25H48N2O3/c1-3-5-6-7-8-9-10-11-12-13-14-17-23(25(29)30)24(28)18-15-16-22(4-2)27-20-19-26-21-27/h21-24,28H,3-20H2,1-2H3,(H,29,30). The number of carboxylic acids is 1. The molecule has 1 rings (SSSR count). The Labute approximate surface area is 185 Å². The second-order valence-corrected chi connectivity index (χ2v) is 9.09. The number of carbonyl (C=O) groups is 1. The van der Waals surface area contributed by atoms with E-state index in [1.54, 1.807) is 0 Å². The number of aliphatic carboxylic acids is 1. The summed E-state index contributed by atoms with van der Waals surface area (Å²) >= 11 is 0. The van der Waals surface area contributed by atoms with Gasteiger partial charge in [0.2, 0.25) is 0 Å². The number of hydrogen-bond donors (Lipinski definition) is 2. The van der Waals surface area contributed by atoms with Crippen LogP contribution in [0.5, 0.6) is 0 Å². The van der Waals surface area contributed by atoms with Gasteiger partial charge in [-0.1, -0.05) is 84.5 Å². The van der Waals surface area contributed by atoms with Crippen molar-refractivity contribution < 1.29 is 15.0 Å². The molecule has 0 fully saturated rings. The third-order valence-electron chi connectivity index (χ3n) is 6.60. The molecule has 5 heteroatoms. The Bertz CT molecular complexity index is 456. The van der Waals surface area contributed by atoms with E-state index in [1.807, 2.05) is 6.34 Å². The molecule has 176 valence electrons. The van der Waals surface area contributed by atoms with Crippen molar-refractivity contribution in [2.75, 3.05) is 13.1 Å². The van der Waals surface area contributed by atoms with Crippen molar-refractivity contribution in [3.8, 4) is 0 Å². The van der Waals surface area contributed by atoms with Gasteiger partial charge >= 0.3 is 5.97 Å². The predicted molar refractivity (Wildman–Crippen MR) is 126 cm³/mol. The first kappa shape index (κ1) is 26.9. The summed E-state index contributed by atoms with van der Waals surface area (Å²) in [5.41, 5.74) is 0. The third kappa shape index (κ3) is 11.9. The first-order chi connectivity index (χ1) is 14.6. The summed E-state index contributed by atoms with van der Waals surface area (Å²) in [6.07, 6.45) is 19.2. The maximum Gasteiger partial charge on any atom is 0.309 e. The SMILES string of the molecule is CCCCCCCCCCCCCC(C(=O)O)C(O)CCCC(CC)N1C=NCC1. The van der Waals surface area contributed by atoms with Crippen molar-refractivity contribution in [2.24, 2.45) is 10.9 Å². The molecule has 30 heavy (non-hydrogen) atoms. The number of aliphatic imine (C=N–C) groups is 1. The molecule has 0 aromatic carbocycles. The molecule has 0 amide bonds. The molecular formula is C25H48N2O3. The Morgan fingerprint density at radius 3 is 2.00 bits per heavy atom. The van der Waals surface area contributed by atoms with Crippen LogP contribution < -0.4 is 0 Å². The highest BCUT2D eigenvalue weighted by atomic mass is 16.4. The maximum absolute atomic E-state index is 11.6. The molecule has 1 heterocycles. The van der Waals surface area contributed by atoms with Crippen LogP contribution in [-0.2, 0) is 4.79 Å². The second-order valence-electron chi connectivity index (χ2n) is 9.09. The summed E-state index contributed by atoms with van der Waals surface area (Å²) < 4.78 is 0. The van der Waals surface area contributed by atoms with Crippen molar-refractivity contribution >= 4 is 12.3 Å². The van der Waals surface area contributed by atoms with Crippen molar-refractivity contribution in [2.45, 2.75) is 129 Å². The minimum atomic E-state index is -0.840. The summed E-state index contributed by atoms with van der Waals surface area (Å²) in [6, 6.07) is 0.457. The predicted octanol–water partition coefficient (Wildman–Crippen LogP) is 6.04. The smallest absolute Gasteiger partial charge is 0.309 e. The number of hydrogen-bond acceptors (Lipinski definition) is 4. The zero-order valence-corrected chi connectivity index (χ0v) is 19.7. The zero-order valence-electron chi connectivity index (χ0n) is 19.7. The van der Waals surface area contributed by atoms with E-state index in [2.05, 4.69) is 23.7 Å². The number of rotatable bonds is 20. The Morgan fingerprint density at radius 2 is 1.50 bits per heavy atom. The highest BCUT2D eigenvalue weighted by molar-refractivity contribution is 5.70. The lowest BCUT2D eigenvalue weighted by molar-refractivity contribution is -0.146. The number of aliphatic hydroxyl groups excluding tert-OH is 1. The van der Waals surface area contributed by atoms with Gasteiger partial charge in [0, 0.05) is 12.6 Å². The lowest BCUT2D eigenvalue weighted by Crippen LogP contribution is -2.33. The summed E-state index contributed by atoms with van der Waals surface area (Å²) in [4.78, 5) is 18.2. The average molecular weight is 425 g/mol. The van der Waals surface area contributed by atoms with Crippen LogP contribution in [0, 0.1) is 5.92 Å². The number of nitrogens with zero attached hydrogens (tertiary/aromatic N) is 2. The normalized spacial score (nSPS) is 16.7. The first-order valence-corrected chi connectivity index (χ1v) is 12.8. The molecule has 3 atom stereocenters. The van der Waals surface area contributed by atoms with E-state index in [9.17, 15) is 15.0 Å². The molecule has 0 spiro atoms. The van der Waals surface area contributed by atoms with Crippen LogP contribution in [0.25, 0.3) is 0 Å². The van der Waals surface area contributed by atoms with Crippen LogP contribution in [0.3, 0.4) is 0 Å². The topological polar surface area (TPSA) is 73.1 Å². The van der Waals surface area contributed by atoms with E-state index in [1.165, 1.54) is 57.8 Å². The molecule has 0 aliphatic carbocycles. The summed E-state index contributed by atoms with van der Waals surface area (Å²) in [7, 11) is 0. The van der Waals surface area contributed by atoms with E-state index < -0.39 is 18.0 Å². The Balaban J connectivity index is 2.11. The summed E-state index contributed by atoms with van der Waals surface area (Å²) in [5.74, 6) is -1.45. The van der Waals surface area contributed by atoms with Gasteiger partial charge in [-0.05, 0) is 32.1 Å². The number of aliphatic hydroxyl groups is 1. The minimum Gasteiger partial charge on any atom is -0.481 e. The Hall–Kier alpha value is -1.10. The quantitative estimate of drug-likeness (QED) is 0.234. The van der Waals surface area contributed by atoms with Gasteiger partial charge in [0.1, 0.15) is 0 Å². The fourth-order valence-corrected chi connectivity index (χ4v) is 4.55. The molecule has 0 radical (unpaired) electrons. The van der Waals surface area contributed by atoms with E-state index in [0.717, 1.165) is 45.2 Å². The summed E-state index contributed by atoms with van der Waals surface area (Å²) in [6.45, 7) is 6.29. The monoisotopic (exact) mass is 424 g/mol. The van der Waals surface area contributed by atoms with Gasteiger partial charge in [-0.25, -0.2) is 0 Å². The first-order valence-electron chi connectivity index (χ1n) is 12.8. The van der Waals surface area contributed by atoms with Crippen LogP contribution in [-0.4, -0.2) is 52.7 Å². The number of carboxylic acid groups (broad SMARTS) is 1. The molecule has 0 saturated carbocycles. The molecule has 0 bridgehead atoms. The van der Waals surface area contributed by atoms with Gasteiger partial charge in [0.25, 0.3) is 0 Å². The number of unbranched alkanes of at least 4 members (excludes halogenated alkanes) is 10. The Morgan fingerprint density at radius 1 is 0.900 bits per heavy atom. The molecule has 0 aromatic rings. The molecule has 0 saturated heterocycles. The van der Waals surface area contributed by atoms with Gasteiger partial charge in [-0.15, -0.1) is 0 Å². The Kier molecular flexibility index (Phi) is 15.8. The van der Waals surface area contributed by atoms with Crippen LogP contribution >= 0.6 is 0 Å². The zero-order chi connectivity index (χ0) is 22.0. The van der Waals surface area contributed by atoms with Crippen LogP contribution in [0.2, 0.25) is 0 Å². The molecule has 3 unspecified atom stereocenters. The van der Waals surface area contributed by atoms with Gasteiger partial charge in [-0.2, -0.15) is 0 Å². The summed E-state index contributed by atoms with van der Waals surface area (Å²) in [5, 5.41) is 20.0. The van der Waals surface area contributed by atoms with Crippen molar-refractivity contribution in [1.29, 1.82) is 0 Å². The lowest BCUT2D eigenvalue weighted by atomic mass is 9.91. The van der Waals surface area contributed by atoms with Crippen LogP contribution in [0.1, 0.15) is 117 Å². The molecule has 2 N–H and O–H groups in total. The fourth-order valence-electron chi connectivity index (χ4n) is 4.55. The molecular weight excluding hydrogens is 376 g/mol. The van der Waals surface area contributed by atoms with E-state index >= 15 is 0 Å². The molecule has 0 aromatic heterocycles. The van der Waals surface area contributed by atoms with Gasteiger partial charge < -0.3 is 15.1 Å². The van der Waals surface area contributed by atoms with E-state index in [0.29, 0.717) is 18.9 Å². The fraction of sp³-hybridized carbons (Fsp3) is 0.920. The van der Waals surface area contributed by atoms with Crippen molar-refractivity contribution in [1.82, 2.24) is 4.90 Å². The van der Waals surface area contributed by atoms with Gasteiger partial charge in [-0.3, -0.25) is 9.79 Å². The van der Waals surface area contributed by atoms with E-state index in [4.69, 9.17) is 0 Å². The average Bonchev–Trinajstić information content (AvgIpc) is 3.26. The molecule has 5 nitrogen and oxygen atoms in total. The van der Waals surface area contributed by atoms with Crippen LogP contribution in [0.15, 0.2) is 4.99 Å². The molecule has 1 aliphatic heterocycles. The van der Waals surface area contributed by atoms with Gasteiger partial charge in [0.05, 0.1) is 24.9 Å². The third-order valence-corrected chi connectivity index (χ3v) is 6.60. The highest BCUT2D eigenvalue weighted by Crippen LogP contribution is 2.21. The maximum atomic E-state index is 11.6. The van der Waals surface area contributed by atoms with Crippen molar-refractivity contribution in [3.63, 3.8) is 0 Å². The largest absolute Gasteiger partial charge is 0.481 e. The minimum absolute atomic E-state index is 0.457. The van der Waals surface area contributed by atoms with Crippen molar-refractivity contribution in [3.05, 3.63) is 0 Å². The van der Waals surface area contributed by atoms with E-state index in [-0.39, 0.29) is 0 Å². The highest BCUT2D eigenvalue weighted by Gasteiger charge is 2.26. The van der Waals surface area contributed by atoms with Crippen LogP contribution in [0.4, 0.5) is 0 Å². The lowest BCUT2D eigenvalue weighted by Gasteiger charge is -2.26. The molecule has 1 aliphatic rings.